The number of carbonyl (C=O) groups is 2. The average molecular weight is 307 g/mol. The van der Waals surface area contributed by atoms with Crippen molar-refractivity contribution in [2.45, 2.75) is 25.0 Å². The Morgan fingerprint density at radius 1 is 1.43 bits per heavy atom. The van der Waals surface area contributed by atoms with E-state index in [4.69, 9.17) is 0 Å². The van der Waals surface area contributed by atoms with Crippen LogP contribution in [0.15, 0.2) is 29.8 Å². The lowest BCUT2D eigenvalue weighted by Crippen LogP contribution is -2.33. The molecule has 0 fully saturated rings. The summed E-state index contributed by atoms with van der Waals surface area (Å²) < 4.78 is 3.53. The second-order valence-corrected chi connectivity index (χ2v) is 5.73. The molecule has 2 heterocycles. The van der Waals surface area contributed by atoms with Crippen molar-refractivity contribution >= 4 is 23.6 Å². The van der Waals surface area contributed by atoms with Crippen molar-refractivity contribution in [3.8, 4) is 0 Å². The van der Waals surface area contributed by atoms with Crippen molar-refractivity contribution in [3.63, 3.8) is 0 Å². The molecular weight excluding hydrogens is 290 g/mol. The summed E-state index contributed by atoms with van der Waals surface area (Å²) in [5.41, 5.74) is 0.443. The maximum Gasteiger partial charge on any atom is 0.274 e. The summed E-state index contributed by atoms with van der Waals surface area (Å²) >= 11 is 1.25. The van der Waals surface area contributed by atoms with Gasteiger partial charge in [0.15, 0.2) is 5.16 Å². The van der Waals surface area contributed by atoms with Gasteiger partial charge in [0.05, 0.1) is 5.75 Å². The van der Waals surface area contributed by atoms with Crippen LogP contribution in [0.25, 0.3) is 0 Å². The topological polar surface area (TPSA) is 81.8 Å². The lowest BCUT2D eigenvalue weighted by molar-refractivity contribution is -0.117. The molecule has 8 heteroatoms. The molecule has 0 atom stereocenters. The molecule has 0 aliphatic heterocycles. The second-order valence-electron chi connectivity index (χ2n) is 4.78. The van der Waals surface area contributed by atoms with E-state index in [0.717, 1.165) is 0 Å². The van der Waals surface area contributed by atoms with Gasteiger partial charge in [0, 0.05) is 19.3 Å². The molecule has 7 nitrogen and oxygen atoms in total. The molecule has 2 aromatic rings. The van der Waals surface area contributed by atoms with E-state index in [-0.39, 0.29) is 17.7 Å². The van der Waals surface area contributed by atoms with Crippen LogP contribution in [0.2, 0.25) is 0 Å². The predicted molar refractivity (Wildman–Crippen MR) is 79.0 cm³/mol. The van der Waals surface area contributed by atoms with Crippen molar-refractivity contribution in [3.05, 3.63) is 30.4 Å². The smallest absolute Gasteiger partial charge is 0.274 e. The number of aryl methyl sites for hydroxylation is 1. The van der Waals surface area contributed by atoms with E-state index in [2.05, 4.69) is 15.5 Å². The minimum absolute atomic E-state index is 0.113. The zero-order valence-corrected chi connectivity index (χ0v) is 12.9. The molecule has 1 N–H and O–H groups in total. The van der Waals surface area contributed by atoms with Crippen LogP contribution in [0.4, 0.5) is 0 Å². The third-order valence-electron chi connectivity index (χ3n) is 2.86. The van der Waals surface area contributed by atoms with Crippen LogP contribution in [0.3, 0.4) is 0 Å². The Balaban J connectivity index is 1.89. The van der Waals surface area contributed by atoms with Gasteiger partial charge in [0.1, 0.15) is 12.0 Å². The fourth-order valence-electron chi connectivity index (χ4n) is 1.74. The van der Waals surface area contributed by atoms with Gasteiger partial charge in [-0.2, -0.15) is 0 Å². The summed E-state index contributed by atoms with van der Waals surface area (Å²) in [4.78, 5) is 23.7. The number of thioether (sulfide) groups is 1. The van der Waals surface area contributed by atoms with Gasteiger partial charge in [-0.3, -0.25) is 14.9 Å². The van der Waals surface area contributed by atoms with Crippen molar-refractivity contribution in [1.82, 2.24) is 24.6 Å². The van der Waals surface area contributed by atoms with Gasteiger partial charge in [-0.05, 0) is 26.0 Å². The second kappa shape index (κ2) is 6.57. The first-order chi connectivity index (χ1) is 9.99. The van der Waals surface area contributed by atoms with Gasteiger partial charge in [0.2, 0.25) is 5.91 Å². The Hall–Kier alpha value is -2.09. The molecule has 0 bridgehead atoms. The number of hydrogen-bond donors (Lipinski definition) is 1. The number of nitrogens with zero attached hydrogens (tertiary/aromatic N) is 4. The quantitative estimate of drug-likeness (QED) is 0.841. The number of carbonyl (C=O) groups excluding carboxylic acids is 2. The fraction of sp³-hybridized carbons (Fsp3) is 0.385. The maximum absolute atomic E-state index is 11.9. The van der Waals surface area contributed by atoms with Crippen molar-refractivity contribution in [2.75, 3.05) is 5.75 Å². The molecule has 0 aliphatic carbocycles. The Morgan fingerprint density at radius 3 is 2.81 bits per heavy atom. The molecule has 0 aliphatic rings. The van der Waals surface area contributed by atoms with E-state index >= 15 is 0 Å². The van der Waals surface area contributed by atoms with Gasteiger partial charge >= 0.3 is 0 Å². The van der Waals surface area contributed by atoms with Crippen LogP contribution in [0.1, 0.15) is 30.4 Å². The molecule has 2 amide bonds. The highest BCUT2D eigenvalue weighted by Crippen LogP contribution is 2.18. The van der Waals surface area contributed by atoms with Crippen LogP contribution in [0, 0.1) is 0 Å². The van der Waals surface area contributed by atoms with Gasteiger partial charge < -0.3 is 9.13 Å². The zero-order chi connectivity index (χ0) is 15.4. The molecule has 0 radical (unpaired) electrons. The Kier molecular flexibility index (Phi) is 4.79. The number of aromatic nitrogens is 4. The minimum Gasteiger partial charge on any atom is -0.347 e. The maximum atomic E-state index is 11.9. The number of rotatable bonds is 5. The normalized spacial score (nSPS) is 10.9. The molecule has 0 aromatic carbocycles. The summed E-state index contributed by atoms with van der Waals surface area (Å²) in [7, 11) is 1.75. The first-order valence-electron chi connectivity index (χ1n) is 6.47. The van der Waals surface area contributed by atoms with E-state index in [1.807, 2.05) is 18.4 Å². The molecule has 2 aromatic heterocycles. The molecular formula is C13H17N5O2S. The lowest BCUT2D eigenvalue weighted by atomic mass is 10.4. The molecule has 0 unspecified atom stereocenters. The number of amides is 2. The minimum atomic E-state index is -0.404. The van der Waals surface area contributed by atoms with Crippen molar-refractivity contribution in [2.24, 2.45) is 7.05 Å². The van der Waals surface area contributed by atoms with Crippen LogP contribution >= 0.6 is 11.8 Å². The molecule has 0 saturated heterocycles. The highest BCUT2D eigenvalue weighted by molar-refractivity contribution is 7.99. The molecule has 0 spiro atoms. The zero-order valence-electron chi connectivity index (χ0n) is 12.1. The SMILES string of the molecule is CC(C)n1cnnc1SCC(=O)NC(=O)c1cccn1C. The third kappa shape index (κ3) is 3.72. The number of nitrogens with one attached hydrogen (secondary N) is 1. The summed E-state index contributed by atoms with van der Waals surface area (Å²) in [6, 6.07) is 3.63. The molecule has 112 valence electrons. The highest BCUT2D eigenvalue weighted by Gasteiger charge is 2.15. The Labute approximate surface area is 126 Å². The van der Waals surface area contributed by atoms with Crippen LogP contribution in [-0.2, 0) is 11.8 Å². The Bertz CT molecular complexity index is 647. The van der Waals surface area contributed by atoms with E-state index in [1.165, 1.54) is 11.8 Å². The first-order valence-corrected chi connectivity index (χ1v) is 7.45. The predicted octanol–water partition coefficient (Wildman–Crippen LogP) is 1.25. The summed E-state index contributed by atoms with van der Waals surface area (Å²) in [6.45, 7) is 4.01. The van der Waals surface area contributed by atoms with Crippen LogP contribution in [0.5, 0.6) is 0 Å². The van der Waals surface area contributed by atoms with E-state index in [9.17, 15) is 9.59 Å². The average Bonchev–Trinajstić information content (AvgIpc) is 3.04. The van der Waals surface area contributed by atoms with E-state index in [1.54, 1.807) is 36.3 Å². The van der Waals surface area contributed by atoms with Crippen molar-refractivity contribution < 1.29 is 9.59 Å². The van der Waals surface area contributed by atoms with Crippen LogP contribution < -0.4 is 5.32 Å². The van der Waals surface area contributed by atoms with Gasteiger partial charge in [-0.25, -0.2) is 0 Å². The van der Waals surface area contributed by atoms with Gasteiger partial charge in [0.25, 0.3) is 5.91 Å². The largest absolute Gasteiger partial charge is 0.347 e. The van der Waals surface area contributed by atoms with E-state index in [0.29, 0.717) is 10.9 Å². The monoisotopic (exact) mass is 307 g/mol. The molecule has 0 saturated carbocycles. The standard InChI is InChI=1S/C13H17N5O2S/c1-9(2)18-8-14-16-13(18)21-7-11(19)15-12(20)10-5-4-6-17(10)3/h4-6,8-9H,7H2,1-3H3,(H,15,19,20). The lowest BCUT2D eigenvalue weighted by Gasteiger charge is -2.09. The molecule has 21 heavy (non-hydrogen) atoms. The first kappa shape index (κ1) is 15.3. The van der Waals surface area contributed by atoms with Crippen molar-refractivity contribution in [1.29, 1.82) is 0 Å². The highest BCUT2D eigenvalue weighted by atomic mass is 32.2. The fourth-order valence-corrected chi connectivity index (χ4v) is 2.59. The summed E-state index contributed by atoms with van der Waals surface area (Å²) in [5, 5.41) is 10.8. The Morgan fingerprint density at radius 2 is 2.19 bits per heavy atom. The third-order valence-corrected chi connectivity index (χ3v) is 3.82. The molecule has 2 rings (SSSR count). The summed E-state index contributed by atoms with van der Waals surface area (Å²) in [5.74, 6) is -0.648. The van der Waals surface area contributed by atoms with Gasteiger partial charge in [-0.15, -0.1) is 10.2 Å². The van der Waals surface area contributed by atoms with Gasteiger partial charge in [-0.1, -0.05) is 11.8 Å². The van der Waals surface area contributed by atoms with Crippen LogP contribution in [-0.4, -0.2) is 36.9 Å². The number of imide groups is 1. The summed E-state index contributed by atoms with van der Waals surface area (Å²) in [6.07, 6.45) is 3.37. The van der Waals surface area contributed by atoms with E-state index < -0.39 is 5.91 Å². The number of hydrogen-bond acceptors (Lipinski definition) is 5.